The highest BCUT2D eigenvalue weighted by atomic mass is 32.1. The minimum atomic E-state index is 0.151. The van der Waals surface area contributed by atoms with Gasteiger partial charge in [-0.25, -0.2) is 4.98 Å². The van der Waals surface area contributed by atoms with Gasteiger partial charge in [-0.05, 0) is 45.6 Å². The highest BCUT2D eigenvalue weighted by Gasteiger charge is 2.33. The van der Waals surface area contributed by atoms with E-state index in [-0.39, 0.29) is 11.9 Å². The lowest BCUT2D eigenvalue weighted by Crippen LogP contribution is -2.38. The van der Waals surface area contributed by atoms with E-state index in [2.05, 4.69) is 23.1 Å². The largest absolute Gasteiger partial charge is 0.333 e. The minimum absolute atomic E-state index is 0.151. The highest BCUT2D eigenvalue weighted by molar-refractivity contribution is 7.13. The lowest BCUT2D eigenvalue weighted by Gasteiger charge is -2.24. The Hall–Kier alpha value is -1.69. The predicted molar refractivity (Wildman–Crippen MR) is 89.8 cm³/mol. The second-order valence-corrected chi connectivity index (χ2v) is 7.80. The van der Waals surface area contributed by atoms with Crippen LogP contribution in [0.3, 0.4) is 0 Å². The topological polar surface area (TPSA) is 51.0 Å². The minimum Gasteiger partial charge on any atom is -0.333 e. The quantitative estimate of drug-likeness (QED) is 0.865. The number of aryl methyl sites for hydroxylation is 2. The summed E-state index contributed by atoms with van der Waals surface area (Å²) in [6.45, 7) is 5.73. The summed E-state index contributed by atoms with van der Waals surface area (Å²) in [5.74, 6) is 0.768. The van der Waals surface area contributed by atoms with Gasteiger partial charge in [-0.3, -0.25) is 9.48 Å². The molecule has 1 saturated heterocycles. The molecule has 1 atom stereocenters. The standard InChI is InChI=1S/C17H22N4OS/c1-11-8-12(2)21(19-11)10-14-4-3-7-20(14)17(22)15-9-18-16(23-15)13-5-6-13/h8-9,13-14H,3-7,10H2,1-2H3/t14-/m0/s1. The number of carbonyl (C=O) groups is 1. The van der Waals surface area contributed by atoms with Crippen molar-refractivity contribution in [2.75, 3.05) is 6.54 Å². The zero-order valence-electron chi connectivity index (χ0n) is 13.7. The fourth-order valence-electron chi connectivity index (χ4n) is 3.40. The summed E-state index contributed by atoms with van der Waals surface area (Å²) < 4.78 is 2.04. The van der Waals surface area contributed by atoms with E-state index in [0.717, 1.165) is 47.2 Å². The van der Waals surface area contributed by atoms with Crippen LogP contribution in [0.1, 0.15) is 57.7 Å². The number of rotatable bonds is 4. The molecule has 0 bridgehead atoms. The molecule has 1 aliphatic heterocycles. The van der Waals surface area contributed by atoms with Gasteiger partial charge in [0.2, 0.25) is 0 Å². The zero-order chi connectivity index (χ0) is 16.0. The number of nitrogens with zero attached hydrogens (tertiary/aromatic N) is 4. The van der Waals surface area contributed by atoms with Crippen molar-refractivity contribution < 1.29 is 4.79 Å². The summed E-state index contributed by atoms with van der Waals surface area (Å²) in [6.07, 6.45) is 6.36. The van der Waals surface area contributed by atoms with Crippen molar-refractivity contribution in [3.63, 3.8) is 0 Å². The van der Waals surface area contributed by atoms with Crippen molar-refractivity contribution in [1.82, 2.24) is 19.7 Å². The Morgan fingerprint density at radius 1 is 1.35 bits per heavy atom. The number of amides is 1. The third-order valence-electron chi connectivity index (χ3n) is 4.79. The van der Waals surface area contributed by atoms with E-state index in [4.69, 9.17) is 0 Å². The zero-order valence-corrected chi connectivity index (χ0v) is 14.5. The summed E-state index contributed by atoms with van der Waals surface area (Å²) in [7, 11) is 0. The van der Waals surface area contributed by atoms with Crippen LogP contribution in [0.4, 0.5) is 0 Å². The number of likely N-dealkylation sites (tertiary alicyclic amines) is 1. The van der Waals surface area contributed by atoms with E-state index >= 15 is 0 Å². The van der Waals surface area contributed by atoms with Crippen LogP contribution >= 0.6 is 11.3 Å². The van der Waals surface area contributed by atoms with Gasteiger partial charge in [-0.2, -0.15) is 5.10 Å². The Bertz CT molecular complexity index is 731. The van der Waals surface area contributed by atoms with E-state index in [1.165, 1.54) is 12.8 Å². The van der Waals surface area contributed by atoms with Crippen molar-refractivity contribution in [2.45, 2.75) is 58.0 Å². The SMILES string of the molecule is Cc1cc(C)n(C[C@@H]2CCCN2C(=O)c2cnc(C3CC3)s2)n1. The van der Waals surface area contributed by atoms with Crippen LogP contribution in [0, 0.1) is 13.8 Å². The Labute approximate surface area is 140 Å². The second kappa shape index (κ2) is 5.74. The molecule has 1 amide bonds. The highest BCUT2D eigenvalue weighted by Crippen LogP contribution is 2.42. The molecule has 0 unspecified atom stereocenters. The van der Waals surface area contributed by atoms with Gasteiger partial charge in [0.25, 0.3) is 5.91 Å². The third kappa shape index (κ3) is 2.92. The summed E-state index contributed by atoms with van der Waals surface area (Å²) in [5.41, 5.74) is 2.20. The maximum atomic E-state index is 12.9. The normalized spacial score (nSPS) is 21.1. The predicted octanol–water partition coefficient (Wildman–Crippen LogP) is 3.14. The van der Waals surface area contributed by atoms with Crippen LogP contribution in [0.25, 0.3) is 0 Å². The molecular weight excluding hydrogens is 308 g/mol. The first-order valence-corrected chi connectivity index (χ1v) is 9.21. The fraction of sp³-hybridized carbons (Fsp3) is 0.588. The molecule has 0 N–H and O–H groups in total. The molecule has 122 valence electrons. The second-order valence-electron chi connectivity index (χ2n) is 6.74. The molecule has 5 nitrogen and oxygen atoms in total. The van der Waals surface area contributed by atoms with Crippen molar-refractivity contribution in [2.24, 2.45) is 0 Å². The van der Waals surface area contributed by atoms with Crippen LogP contribution in [-0.2, 0) is 6.54 Å². The molecule has 1 saturated carbocycles. The first-order chi connectivity index (χ1) is 11.1. The van der Waals surface area contributed by atoms with Gasteiger partial charge < -0.3 is 4.90 Å². The Morgan fingerprint density at radius 2 is 2.17 bits per heavy atom. The lowest BCUT2D eigenvalue weighted by molar-refractivity contribution is 0.0725. The Morgan fingerprint density at radius 3 is 2.87 bits per heavy atom. The summed E-state index contributed by atoms with van der Waals surface area (Å²) in [4.78, 5) is 20.1. The van der Waals surface area contributed by atoms with Gasteiger partial charge >= 0.3 is 0 Å². The van der Waals surface area contributed by atoms with Crippen molar-refractivity contribution >= 4 is 17.2 Å². The smallest absolute Gasteiger partial charge is 0.265 e. The van der Waals surface area contributed by atoms with E-state index in [1.807, 2.05) is 16.5 Å². The number of thiazole rings is 1. The molecule has 4 rings (SSSR count). The van der Waals surface area contributed by atoms with Crippen LogP contribution in [0.5, 0.6) is 0 Å². The molecule has 2 aromatic rings. The van der Waals surface area contributed by atoms with Gasteiger partial charge in [-0.1, -0.05) is 0 Å². The van der Waals surface area contributed by atoms with E-state index in [1.54, 1.807) is 17.5 Å². The lowest BCUT2D eigenvalue weighted by atomic mass is 10.2. The van der Waals surface area contributed by atoms with Gasteiger partial charge in [-0.15, -0.1) is 11.3 Å². The molecule has 2 aliphatic rings. The van der Waals surface area contributed by atoms with Gasteiger partial charge in [0.05, 0.1) is 29.5 Å². The molecule has 2 aromatic heterocycles. The molecule has 6 heteroatoms. The van der Waals surface area contributed by atoms with E-state index in [9.17, 15) is 4.79 Å². The summed E-state index contributed by atoms with van der Waals surface area (Å²) >= 11 is 1.59. The van der Waals surface area contributed by atoms with Crippen LogP contribution in [0.2, 0.25) is 0 Å². The number of aromatic nitrogens is 3. The molecule has 23 heavy (non-hydrogen) atoms. The number of hydrogen-bond donors (Lipinski definition) is 0. The van der Waals surface area contributed by atoms with Crippen molar-refractivity contribution in [3.05, 3.63) is 33.5 Å². The van der Waals surface area contributed by atoms with Crippen LogP contribution in [-0.4, -0.2) is 38.2 Å². The van der Waals surface area contributed by atoms with Gasteiger partial charge in [0.15, 0.2) is 0 Å². The molecule has 0 aromatic carbocycles. The third-order valence-corrected chi connectivity index (χ3v) is 5.93. The Kier molecular flexibility index (Phi) is 3.71. The molecular formula is C17H22N4OS. The monoisotopic (exact) mass is 330 g/mol. The molecule has 3 heterocycles. The number of hydrogen-bond acceptors (Lipinski definition) is 4. The Balaban J connectivity index is 1.49. The molecule has 0 radical (unpaired) electrons. The molecule has 1 aliphatic carbocycles. The van der Waals surface area contributed by atoms with Crippen molar-refractivity contribution in [3.8, 4) is 0 Å². The van der Waals surface area contributed by atoms with Gasteiger partial charge in [0.1, 0.15) is 4.88 Å². The first kappa shape index (κ1) is 14.9. The van der Waals surface area contributed by atoms with E-state index < -0.39 is 0 Å². The van der Waals surface area contributed by atoms with Crippen LogP contribution in [0.15, 0.2) is 12.3 Å². The molecule has 0 spiro atoms. The molecule has 2 fully saturated rings. The van der Waals surface area contributed by atoms with Crippen molar-refractivity contribution in [1.29, 1.82) is 0 Å². The van der Waals surface area contributed by atoms with E-state index in [0.29, 0.717) is 5.92 Å². The van der Waals surface area contributed by atoms with Crippen LogP contribution < -0.4 is 0 Å². The fourth-order valence-corrected chi connectivity index (χ4v) is 4.44. The number of carbonyl (C=O) groups excluding carboxylic acids is 1. The maximum Gasteiger partial charge on any atom is 0.265 e. The average Bonchev–Trinajstić information content (AvgIpc) is 2.95. The first-order valence-electron chi connectivity index (χ1n) is 8.39. The summed E-state index contributed by atoms with van der Waals surface area (Å²) in [6, 6.07) is 2.33. The summed E-state index contributed by atoms with van der Waals surface area (Å²) in [5, 5.41) is 5.69. The van der Waals surface area contributed by atoms with Gasteiger partial charge in [0, 0.05) is 18.2 Å². The average molecular weight is 330 g/mol. The maximum absolute atomic E-state index is 12.9.